The van der Waals surface area contributed by atoms with Gasteiger partial charge in [0, 0.05) is 5.56 Å². The summed E-state index contributed by atoms with van der Waals surface area (Å²) in [4.78, 5) is 0. The number of methoxy groups -OCH3 is 1. The Hall–Kier alpha value is -0.670. The molecule has 0 N–H and O–H groups in total. The van der Waals surface area contributed by atoms with Gasteiger partial charge in [-0.1, -0.05) is 17.2 Å². The van der Waals surface area contributed by atoms with Crippen LogP contribution in [-0.2, 0) is 16.9 Å². The lowest BCUT2D eigenvalue weighted by Gasteiger charge is -2.08. The van der Waals surface area contributed by atoms with Crippen LogP contribution < -0.4 is 4.74 Å². The van der Waals surface area contributed by atoms with E-state index in [0.717, 1.165) is 11.3 Å². The molecule has 0 aliphatic rings. The van der Waals surface area contributed by atoms with Crippen LogP contribution in [0.3, 0.4) is 0 Å². The third-order valence-corrected chi connectivity index (χ3v) is 2.20. The van der Waals surface area contributed by atoms with E-state index in [-0.39, 0.29) is 0 Å². The Labute approximate surface area is 75.7 Å². The van der Waals surface area contributed by atoms with E-state index in [1.807, 2.05) is 6.07 Å². The van der Waals surface area contributed by atoms with Crippen LogP contribution in [0.15, 0.2) is 18.2 Å². The number of ether oxygens (including phenoxy) is 1. The standard InChI is InChI=1S/C9H11O2S/c1-11-9-6-4-3-5-8(9)7-12(2)10/h4-6H,7H2,1-2H3. The molecule has 0 aromatic heterocycles. The van der Waals surface area contributed by atoms with Gasteiger partial charge < -0.3 is 9.29 Å². The lowest BCUT2D eigenvalue weighted by Crippen LogP contribution is -2.02. The van der Waals surface area contributed by atoms with Gasteiger partial charge in [-0.15, -0.1) is 0 Å². The second kappa shape index (κ2) is 4.38. The van der Waals surface area contributed by atoms with Crippen molar-refractivity contribution in [3.8, 4) is 5.75 Å². The molecular weight excluding hydrogens is 172 g/mol. The number of hydrogen-bond donors (Lipinski definition) is 0. The molecule has 1 aromatic rings. The van der Waals surface area contributed by atoms with Crippen molar-refractivity contribution in [1.29, 1.82) is 0 Å². The Kier molecular flexibility index (Phi) is 3.44. The van der Waals surface area contributed by atoms with Gasteiger partial charge in [0.2, 0.25) is 0 Å². The Morgan fingerprint density at radius 3 is 3.00 bits per heavy atom. The number of rotatable bonds is 3. The summed E-state index contributed by atoms with van der Waals surface area (Å²) in [5.41, 5.74) is 0.945. The first-order chi connectivity index (χ1) is 5.74. The third-order valence-electron chi connectivity index (χ3n) is 1.48. The molecule has 12 heavy (non-hydrogen) atoms. The smallest absolute Gasteiger partial charge is 0.133 e. The molecule has 0 fully saturated rings. The summed E-state index contributed by atoms with van der Waals surface area (Å²) in [7, 11) is 1.61. The lowest BCUT2D eigenvalue weighted by molar-refractivity contribution is 0.411. The zero-order valence-electron chi connectivity index (χ0n) is 7.16. The van der Waals surface area contributed by atoms with Gasteiger partial charge in [-0.2, -0.15) is 0 Å². The summed E-state index contributed by atoms with van der Waals surface area (Å²) in [5.74, 6) is 1.31. The van der Waals surface area contributed by atoms with Crippen LogP contribution in [0.25, 0.3) is 0 Å². The third kappa shape index (κ3) is 2.43. The quantitative estimate of drug-likeness (QED) is 0.663. The molecule has 3 heteroatoms. The average molecular weight is 183 g/mol. The molecule has 65 valence electrons. The summed E-state index contributed by atoms with van der Waals surface area (Å²) in [5, 5.41) is 0. The maximum absolute atomic E-state index is 10.9. The summed E-state index contributed by atoms with van der Waals surface area (Å²) < 4.78 is 16.0. The Morgan fingerprint density at radius 1 is 1.67 bits per heavy atom. The number of benzene rings is 1. The van der Waals surface area contributed by atoms with Crippen molar-refractivity contribution in [2.75, 3.05) is 13.4 Å². The summed E-state index contributed by atoms with van der Waals surface area (Å²) in [6, 6.07) is 8.33. The van der Waals surface area contributed by atoms with Gasteiger partial charge in [-0.3, -0.25) is 0 Å². The summed E-state index contributed by atoms with van der Waals surface area (Å²) >= 11 is -0.828. The highest BCUT2D eigenvalue weighted by atomic mass is 32.2. The molecule has 0 spiro atoms. The van der Waals surface area contributed by atoms with E-state index in [9.17, 15) is 4.55 Å². The van der Waals surface area contributed by atoms with Crippen molar-refractivity contribution in [3.05, 3.63) is 29.8 Å². The summed E-state index contributed by atoms with van der Waals surface area (Å²) in [6.07, 6.45) is 1.67. The molecule has 1 unspecified atom stereocenters. The predicted octanol–water partition coefficient (Wildman–Crippen LogP) is 1.37. The van der Waals surface area contributed by atoms with Gasteiger partial charge in [-0.25, -0.2) is 0 Å². The van der Waals surface area contributed by atoms with E-state index in [1.54, 1.807) is 25.5 Å². The first-order valence-electron chi connectivity index (χ1n) is 3.57. The monoisotopic (exact) mass is 183 g/mol. The molecule has 1 aromatic carbocycles. The van der Waals surface area contributed by atoms with Crippen molar-refractivity contribution < 1.29 is 9.29 Å². The predicted molar refractivity (Wildman–Crippen MR) is 49.6 cm³/mol. The van der Waals surface area contributed by atoms with E-state index < -0.39 is 11.2 Å². The van der Waals surface area contributed by atoms with Crippen molar-refractivity contribution in [3.63, 3.8) is 0 Å². The molecule has 1 radical (unpaired) electrons. The van der Waals surface area contributed by atoms with Crippen LogP contribution in [0.2, 0.25) is 0 Å². The molecule has 1 atom stereocenters. The molecule has 1 rings (SSSR count). The average Bonchev–Trinajstić information content (AvgIpc) is 2.04. The number of hydrogen-bond acceptors (Lipinski definition) is 2. The lowest BCUT2D eigenvalue weighted by atomic mass is 10.2. The van der Waals surface area contributed by atoms with Crippen LogP contribution in [0.5, 0.6) is 5.75 Å². The fourth-order valence-corrected chi connectivity index (χ4v) is 1.65. The van der Waals surface area contributed by atoms with Gasteiger partial charge in [0.25, 0.3) is 0 Å². The van der Waals surface area contributed by atoms with Crippen molar-refractivity contribution in [2.24, 2.45) is 0 Å². The normalized spacial score (nSPS) is 12.6. The minimum Gasteiger partial charge on any atom is -0.616 e. The molecule has 0 aliphatic carbocycles. The molecule has 0 saturated heterocycles. The van der Waals surface area contributed by atoms with Gasteiger partial charge >= 0.3 is 0 Å². The van der Waals surface area contributed by atoms with Crippen molar-refractivity contribution in [2.45, 2.75) is 5.75 Å². The van der Waals surface area contributed by atoms with Crippen LogP contribution in [-0.4, -0.2) is 17.9 Å². The fourth-order valence-electron chi connectivity index (χ4n) is 0.982. The van der Waals surface area contributed by atoms with Crippen LogP contribution in [0, 0.1) is 6.07 Å². The first-order valence-corrected chi connectivity index (χ1v) is 5.29. The topological polar surface area (TPSA) is 32.3 Å². The van der Waals surface area contributed by atoms with E-state index in [2.05, 4.69) is 6.07 Å². The maximum atomic E-state index is 10.9. The zero-order chi connectivity index (χ0) is 8.97. The molecular formula is C9H11O2S. The van der Waals surface area contributed by atoms with Gasteiger partial charge in [0.15, 0.2) is 0 Å². The highest BCUT2D eigenvalue weighted by Gasteiger charge is 2.06. The Bertz CT molecular complexity index is 248. The molecule has 0 amide bonds. The second-order valence-electron chi connectivity index (χ2n) is 2.46. The SMILES string of the molecule is COc1cc[c]cc1C[S+](C)[O-]. The minimum absolute atomic E-state index is 0.528. The van der Waals surface area contributed by atoms with Crippen molar-refractivity contribution in [1.82, 2.24) is 0 Å². The fraction of sp³-hybridized carbons (Fsp3) is 0.333. The van der Waals surface area contributed by atoms with Crippen LogP contribution >= 0.6 is 0 Å². The minimum atomic E-state index is -0.828. The van der Waals surface area contributed by atoms with Crippen LogP contribution in [0.1, 0.15) is 5.56 Å². The second-order valence-corrected chi connectivity index (χ2v) is 3.89. The highest BCUT2D eigenvalue weighted by molar-refractivity contribution is 7.89. The first kappa shape index (κ1) is 9.42. The van der Waals surface area contributed by atoms with E-state index in [0.29, 0.717) is 5.75 Å². The largest absolute Gasteiger partial charge is 0.616 e. The Balaban J connectivity index is 2.82. The van der Waals surface area contributed by atoms with Gasteiger partial charge in [0.1, 0.15) is 11.5 Å². The Morgan fingerprint density at radius 2 is 2.42 bits per heavy atom. The highest BCUT2D eigenvalue weighted by Crippen LogP contribution is 2.18. The maximum Gasteiger partial charge on any atom is 0.133 e. The van der Waals surface area contributed by atoms with E-state index in [1.165, 1.54) is 0 Å². The molecule has 2 nitrogen and oxygen atoms in total. The van der Waals surface area contributed by atoms with E-state index >= 15 is 0 Å². The van der Waals surface area contributed by atoms with E-state index in [4.69, 9.17) is 4.74 Å². The van der Waals surface area contributed by atoms with Gasteiger partial charge in [0.05, 0.1) is 13.4 Å². The molecule has 0 heterocycles. The van der Waals surface area contributed by atoms with Crippen molar-refractivity contribution >= 4 is 11.2 Å². The summed E-state index contributed by atoms with van der Waals surface area (Å²) in [6.45, 7) is 0. The van der Waals surface area contributed by atoms with Crippen LogP contribution in [0.4, 0.5) is 0 Å². The molecule has 0 bridgehead atoms. The molecule has 0 saturated carbocycles. The van der Waals surface area contributed by atoms with Gasteiger partial charge in [-0.05, 0) is 18.2 Å². The molecule has 0 aliphatic heterocycles. The zero-order valence-corrected chi connectivity index (χ0v) is 7.98.